The second kappa shape index (κ2) is 7.59. The Morgan fingerprint density at radius 1 is 0.958 bits per heavy atom. The summed E-state index contributed by atoms with van der Waals surface area (Å²) in [6.45, 7) is 2.19. The zero-order valence-electron chi connectivity index (χ0n) is 13.3. The minimum Gasteiger partial charge on any atom is -0.445 e. The Kier molecular flexibility index (Phi) is 5.05. The number of hydrogen-bond acceptors (Lipinski definition) is 4. The summed E-state index contributed by atoms with van der Waals surface area (Å²) in [7, 11) is 0. The summed E-state index contributed by atoms with van der Waals surface area (Å²) < 4.78 is 5.32. The lowest BCUT2D eigenvalue weighted by Crippen LogP contribution is -2.50. The van der Waals surface area contributed by atoms with E-state index >= 15 is 0 Å². The number of rotatable bonds is 3. The van der Waals surface area contributed by atoms with E-state index in [2.05, 4.69) is 4.98 Å². The van der Waals surface area contributed by atoms with E-state index in [4.69, 9.17) is 4.74 Å². The van der Waals surface area contributed by atoms with Crippen LogP contribution in [-0.2, 0) is 11.3 Å². The molecule has 0 bridgehead atoms. The molecule has 0 atom stereocenters. The predicted octanol–water partition coefficient (Wildman–Crippen LogP) is 2.18. The molecule has 24 heavy (non-hydrogen) atoms. The molecule has 1 aromatic carbocycles. The second-order valence-electron chi connectivity index (χ2n) is 5.56. The lowest BCUT2D eigenvalue weighted by Gasteiger charge is -2.34. The van der Waals surface area contributed by atoms with Crippen molar-refractivity contribution in [1.29, 1.82) is 0 Å². The van der Waals surface area contributed by atoms with Crippen LogP contribution in [0.15, 0.2) is 54.9 Å². The Bertz CT molecular complexity index is 683. The van der Waals surface area contributed by atoms with Crippen LogP contribution in [0.5, 0.6) is 0 Å². The third-order valence-electron chi connectivity index (χ3n) is 3.94. The number of pyridine rings is 1. The van der Waals surface area contributed by atoms with E-state index in [0.717, 1.165) is 5.56 Å². The molecule has 1 saturated heterocycles. The SMILES string of the molecule is O=C(OCc1ccccc1)N1CCN(C(=O)c2cccnc2)CC1. The molecular formula is C18H19N3O3. The van der Waals surface area contributed by atoms with Crippen LogP contribution in [0.25, 0.3) is 0 Å². The van der Waals surface area contributed by atoms with Crippen LogP contribution in [-0.4, -0.2) is 53.0 Å². The average molecular weight is 325 g/mol. The largest absolute Gasteiger partial charge is 0.445 e. The summed E-state index contributed by atoms with van der Waals surface area (Å²) in [5, 5.41) is 0. The van der Waals surface area contributed by atoms with Crippen LogP contribution in [0.1, 0.15) is 15.9 Å². The van der Waals surface area contributed by atoms with Gasteiger partial charge in [0.15, 0.2) is 0 Å². The van der Waals surface area contributed by atoms with Crippen molar-refractivity contribution in [2.45, 2.75) is 6.61 Å². The Morgan fingerprint density at radius 2 is 1.67 bits per heavy atom. The van der Waals surface area contributed by atoms with E-state index in [1.165, 1.54) is 0 Å². The molecule has 3 rings (SSSR count). The Labute approximate surface area is 140 Å². The number of piperazine rings is 1. The van der Waals surface area contributed by atoms with E-state index in [1.54, 1.807) is 34.3 Å². The Hall–Kier alpha value is -2.89. The number of benzene rings is 1. The summed E-state index contributed by atoms with van der Waals surface area (Å²) in [6.07, 6.45) is 2.85. The molecule has 0 unspecified atom stereocenters. The number of ether oxygens (including phenoxy) is 1. The number of aromatic nitrogens is 1. The highest BCUT2D eigenvalue weighted by atomic mass is 16.6. The molecule has 0 spiro atoms. The zero-order chi connectivity index (χ0) is 16.8. The van der Waals surface area contributed by atoms with Gasteiger partial charge in [0.05, 0.1) is 5.56 Å². The minimum absolute atomic E-state index is 0.0552. The lowest BCUT2D eigenvalue weighted by atomic mass is 10.2. The van der Waals surface area contributed by atoms with E-state index < -0.39 is 0 Å². The third-order valence-corrected chi connectivity index (χ3v) is 3.94. The monoisotopic (exact) mass is 325 g/mol. The van der Waals surface area contributed by atoms with Crippen LogP contribution in [0.3, 0.4) is 0 Å². The van der Waals surface area contributed by atoms with Gasteiger partial charge in [0, 0.05) is 38.6 Å². The highest BCUT2D eigenvalue weighted by molar-refractivity contribution is 5.94. The minimum atomic E-state index is -0.340. The first-order valence-electron chi connectivity index (χ1n) is 7.89. The van der Waals surface area contributed by atoms with Crippen molar-refractivity contribution < 1.29 is 14.3 Å². The van der Waals surface area contributed by atoms with E-state index in [9.17, 15) is 9.59 Å². The normalized spacial score (nSPS) is 14.3. The smallest absolute Gasteiger partial charge is 0.410 e. The summed E-state index contributed by atoms with van der Waals surface area (Å²) in [5.74, 6) is -0.0552. The topological polar surface area (TPSA) is 62.7 Å². The van der Waals surface area contributed by atoms with Crippen molar-refractivity contribution in [3.05, 3.63) is 66.0 Å². The highest BCUT2D eigenvalue weighted by Gasteiger charge is 2.25. The fourth-order valence-corrected chi connectivity index (χ4v) is 2.57. The molecule has 6 heteroatoms. The fraction of sp³-hybridized carbons (Fsp3) is 0.278. The van der Waals surface area contributed by atoms with Gasteiger partial charge in [-0.25, -0.2) is 4.79 Å². The van der Waals surface area contributed by atoms with Gasteiger partial charge in [-0.15, -0.1) is 0 Å². The van der Waals surface area contributed by atoms with E-state index in [0.29, 0.717) is 31.7 Å². The molecule has 0 radical (unpaired) electrons. The van der Waals surface area contributed by atoms with Gasteiger partial charge in [0.1, 0.15) is 6.61 Å². The molecule has 0 aliphatic carbocycles. The van der Waals surface area contributed by atoms with Crippen molar-refractivity contribution in [3.8, 4) is 0 Å². The van der Waals surface area contributed by atoms with Crippen molar-refractivity contribution in [3.63, 3.8) is 0 Å². The molecule has 2 aromatic rings. The molecule has 124 valence electrons. The maximum atomic E-state index is 12.3. The van der Waals surface area contributed by atoms with Crippen LogP contribution in [0, 0.1) is 0 Å². The Morgan fingerprint density at radius 3 is 2.33 bits per heavy atom. The highest BCUT2D eigenvalue weighted by Crippen LogP contribution is 2.10. The van der Waals surface area contributed by atoms with E-state index in [-0.39, 0.29) is 18.6 Å². The second-order valence-corrected chi connectivity index (χ2v) is 5.56. The van der Waals surface area contributed by atoms with Crippen molar-refractivity contribution in [2.75, 3.05) is 26.2 Å². The fourth-order valence-electron chi connectivity index (χ4n) is 2.57. The summed E-state index contributed by atoms with van der Waals surface area (Å²) in [4.78, 5) is 31.8. The molecule has 2 amide bonds. The average Bonchev–Trinajstić information content (AvgIpc) is 2.67. The van der Waals surface area contributed by atoms with E-state index in [1.807, 2.05) is 30.3 Å². The first-order chi connectivity index (χ1) is 11.7. The standard InChI is InChI=1S/C18H19N3O3/c22-17(16-7-4-8-19-13-16)20-9-11-21(12-10-20)18(23)24-14-15-5-2-1-3-6-15/h1-8,13H,9-12,14H2. The molecule has 1 aliphatic heterocycles. The predicted molar refractivity (Wildman–Crippen MR) is 88.3 cm³/mol. The Balaban J connectivity index is 1.48. The van der Waals surface area contributed by atoms with Crippen molar-refractivity contribution in [1.82, 2.24) is 14.8 Å². The summed E-state index contributed by atoms with van der Waals surface area (Å²) in [6, 6.07) is 13.1. The quantitative estimate of drug-likeness (QED) is 0.868. The molecule has 1 aromatic heterocycles. The number of hydrogen-bond donors (Lipinski definition) is 0. The first kappa shape index (κ1) is 16.0. The van der Waals surface area contributed by atoms with Gasteiger partial charge < -0.3 is 14.5 Å². The van der Waals surface area contributed by atoms with Crippen LogP contribution in [0.4, 0.5) is 4.79 Å². The molecule has 1 fully saturated rings. The maximum Gasteiger partial charge on any atom is 0.410 e. The molecule has 2 heterocycles. The van der Waals surface area contributed by atoms with Gasteiger partial charge in [0.25, 0.3) is 5.91 Å². The van der Waals surface area contributed by atoms with Gasteiger partial charge in [-0.1, -0.05) is 30.3 Å². The van der Waals surface area contributed by atoms with Crippen molar-refractivity contribution in [2.24, 2.45) is 0 Å². The van der Waals surface area contributed by atoms with Crippen LogP contribution >= 0.6 is 0 Å². The first-order valence-corrected chi connectivity index (χ1v) is 7.89. The van der Waals surface area contributed by atoms with Crippen molar-refractivity contribution >= 4 is 12.0 Å². The van der Waals surface area contributed by atoms with Crippen LogP contribution in [0.2, 0.25) is 0 Å². The molecule has 0 saturated carbocycles. The van der Waals surface area contributed by atoms with Gasteiger partial charge in [-0.2, -0.15) is 0 Å². The van der Waals surface area contributed by atoms with Gasteiger partial charge >= 0.3 is 6.09 Å². The maximum absolute atomic E-state index is 12.3. The third kappa shape index (κ3) is 3.90. The van der Waals surface area contributed by atoms with Gasteiger partial charge in [-0.05, 0) is 17.7 Å². The van der Waals surface area contributed by atoms with Gasteiger partial charge in [0.2, 0.25) is 0 Å². The number of carbonyl (C=O) groups excluding carboxylic acids is 2. The summed E-state index contributed by atoms with van der Waals surface area (Å²) in [5.41, 5.74) is 1.52. The van der Waals surface area contributed by atoms with Crippen LogP contribution < -0.4 is 0 Å². The lowest BCUT2D eigenvalue weighted by molar-refractivity contribution is 0.0543. The summed E-state index contributed by atoms with van der Waals surface area (Å²) >= 11 is 0. The molecular weight excluding hydrogens is 306 g/mol. The zero-order valence-corrected chi connectivity index (χ0v) is 13.3. The number of nitrogens with zero attached hydrogens (tertiary/aromatic N) is 3. The number of amides is 2. The molecule has 6 nitrogen and oxygen atoms in total. The molecule has 0 N–H and O–H groups in total. The van der Waals surface area contributed by atoms with Gasteiger partial charge in [-0.3, -0.25) is 9.78 Å². The number of carbonyl (C=O) groups is 2. The molecule has 1 aliphatic rings.